The Bertz CT molecular complexity index is 1690. The van der Waals surface area contributed by atoms with E-state index >= 15 is 0 Å². The molecule has 5 rings (SSSR count). The van der Waals surface area contributed by atoms with Crippen molar-refractivity contribution in [3.63, 3.8) is 0 Å². The zero-order valence-corrected chi connectivity index (χ0v) is 22.9. The van der Waals surface area contributed by atoms with Crippen molar-refractivity contribution in [2.75, 3.05) is 0 Å². The highest BCUT2D eigenvalue weighted by molar-refractivity contribution is 6.31. The Morgan fingerprint density at radius 2 is 1.95 bits per heavy atom. The summed E-state index contributed by atoms with van der Waals surface area (Å²) in [6.07, 6.45) is 1.50. The summed E-state index contributed by atoms with van der Waals surface area (Å²) in [6, 6.07) is 11.3. The van der Waals surface area contributed by atoms with E-state index in [2.05, 4.69) is 20.5 Å². The van der Waals surface area contributed by atoms with Crippen LogP contribution in [-0.4, -0.2) is 35.4 Å². The van der Waals surface area contributed by atoms with Gasteiger partial charge in [-0.2, -0.15) is 10.2 Å². The van der Waals surface area contributed by atoms with Crippen LogP contribution in [0.25, 0.3) is 22.3 Å². The van der Waals surface area contributed by atoms with E-state index in [1.807, 2.05) is 45.2 Å². The fraction of sp³-hybridized carbons (Fsp3) is 0.250. The molecule has 11 heteroatoms. The van der Waals surface area contributed by atoms with Crippen LogP contribution in [0.3, 0.4) is 0 Å². The third kappa shape index (κ3) is 5.20. The second-order valence-corrected chi connectivity index (χ2v) is 9.81. The fourth-order valence-electron chi connectivity index (χ4n) is 4.52. The fourth-order valence-corrected chi connectivity index (χ4v) is 4.79. The molecule has 0 saturated carbocycles. The minimum Gasteiger partial charge on any atom is -0.487 e. The van der Waals surface area contributed by atoms with Crippen molar-refractivity contribution in [2.45, 2.75) is 33.4 Å². The lowest BCUT2D eigenvalue weighted by Crippen LogP contribution is -2.28. The number of benzene rings is 2. The first kappa shape index (κ1) is 26.3. The first-order chi connectivity index (χ1) is 18.6. The molecule has 1 N–H and O–H groups in total. The van der Waals surface area contributed by atoms with Gasteiger partial charge in [0.15, 0.2) is 5.82 Å². The molecule has 200 valence electrons. The number of nitrogens with zero attached hydrogens (tertiary/aromatic N) is 6. The second kappa shape index (κ2) is 10.5. The number of rotatable bonds is 7. The molecule has 0 aliphatic rings. The third-order valence-corrected chi connectivity index (χ3v) is 6.95. The molecule has 9 nitrogen and oxygen atoms in total. The predicted molar refractivity (Wildman–Crippen MR) is 146 cm³/mol. The number of aromatic nitrogens is 6. The summed E-state index contributed by atoms with van der Waals surface area (Å²) < 4.78 is 24.0. The molecule has 5 aromatic rings. The van der Waals surface area contributed by atoms with E-state index in [1.54, 1.807) is 29.4 Å². The van der Waals surface area contributed by atoms with Gasteiger partial charge in [0.2, 0.25) is 0 Å². The standard InChI is InChI=1S/C28H27ClFN7O2/c1-15-9-21(27-31-14-32-37(27)5)19-7-6-8-25(26(19)33-15)39-13-22-20(11-18(30)12-23(22)29)17(3)34-28(38)24-10-16(2)36(4)35-24/h6-12,14,17H,13H2,1-5H3,(H,34,38)/t17-/m0/s1. The summed E-state index contributed by atoms with van der Waals surface area (Å²) in [4.78, 5) is 21.9. The minimum atomic E-state index is -0.568. The van der Waals surface area contributed by atoms with Crippen molar-refractivity contribution in [1.82, 2.24) is 34.8 Å². The van der Waals surface area contributed by atoms with Crippen molar-refractivity contribution in [1.29, 1.82) is 0 Å². The molecular weight excluding hydrogens is 521 g/mol. The number of nitrogens with one attached hydrogen (secondary N) is 1. The van der Waals surface area contributed by atoms with E-state index in [1.165, 1.54) is 18.5 Å². The molecule has 1 amide bonds. The number of aryl methyl sites for hydroxylation is 4. The first-order valence-corrected chi connectivity index (χ1v) is 12.7. The van der Waals surface area contributed by atoms with Crippen LogP contribution in [0.4, 0.5) is 4.39 Å². The monoisotopic (exact) mass is 547 g/mol. The lowest BCUT2D eigenvalue weighted by molar-refractivity contribution is 0.0933. The normalized spacial score (nSPS) is 12.1. The van der Waals surface area contributed by atoms with Gasteiger partial charge in [-0.3, -0.25) is 9.48 Å². The van der Waals surface area contributed by atoms with Gasteiger partial charge in [0.05, 0.1) is 11.1 Å². The maximum Gasteiger partial charge on any atom is 0.272 e. The van der Waals surface area contributed by atoms with E-state index in [9.17, 15) is 9.18 Å². The van der Waals surface area contributed by atoms with E-state index in [4.69, 9.17) is 21.3 Å². The van der Waals surface area contributed by atoms with Gasteiger partial charge in [-0.25, -0.2) is 19.0 Å². The average molecular weight is 548 g/mol. The Labute approximate surface area is 229 Å². The smallest absolute Gasteiger partial charge is 0.272 e. The molecule has 2 aromatic carbocycles. The zero-order chi connectivity index (χ0) is 27.8. The summed E-state index contributed by atoms with van der Waals surface area (Å²) >= 11 is 6.49. The topological polar surface area (TPSA) is 99.8 Å². The van der Waals surface area contributed by atoms with Gasteiger partial charge < -0.3 is 10.1 Å². The maximum absolute atomic E-state index is 14.4. The molecule has 0 radical (unpaired) electrons. The molecule has 0 aliphatic heterocycles. The molecule has 0 spiro atoms. The molecular formula is C28H27ClFN7O2. The molecule has 0 saturated heterocycles. The van der Waals surface area contributed by atoms with Crippen LogP contribution in [-0.2, 0) is 20.7 Å². The molecule has 1 atom stereocenters. The van der Waals surface area contributed by atoms with E-state index < -0.39 is 11.9 Å². The summed E-state index contributed by atoms with van der Waals surface area (Å²) in [5, 5.41) is 12.3. The number of pyridine rings is 1. The number of halogens is 2. The molecule has 0 aliphatic carbocycles. The lowest BCUT2D eigenvalue weighted by Gasteiger charge is -2.20. The summed E-state index contributed by atoms with van der Waals surface area (Å²) in [5.74, 6) is 0.360. The first-order valence-electron chi connectivity index (χ1n) is 12.3. The van der Waals surface area contributed by atoms with Crippen LogP contribution in [0.15, 0.2) is 48.8 Å². The largest absolute Gasteiger partial charge is 0.487 e. The van der Waals surface area contributed by atoms with Gasteiger partial charge in [-0.15, -0.1) is 0 Å². The van der Waals surface area contributed by atoms with Crippen LogP contribution >= 0.6 is 11.6 Å². The van der Waals surface area contributed by atoms with E-state index in [0.29, 0.717) is 28.2 Å². The lowest BCUT2D eigenvalue weighted by atomic mass is 10.0. The molecule has 3 aromatic heterocycles. The average Bonchev–Trinajstić information content (AvgIpc) is 3.47. The van der Waals surface area contributed by atoms with Crippen LogP contribution in [0.5, 0.6) is 5.75 Å². The molecule has 3 heterocycles. The van der Waals surface area contributed by atoms with Gasteiger partial charge in [0.25, 0.3) is 5.91 Å². The molecule has 39 heavy (non-hydrogen) atoms. The van der Waals surface area contributed by atoms with Gasteiger partial charge in [0, 0.05) is 42.0 Å². The number of ether oxygens (including phenoxy) is 1. The molecule has 0 fully saturated rings. The highest BCUT2D eigenvalue weighted by Gasteiger charge is 2.21. The van der Waals surface area contributed by atoms with Crippen molar-refractivity contribution < 1.29 is 13.9 Å². The second-order valence-electron chi connectivity index (χ2n) is 9.40. The minimum absolute atomic E-state index is 0.0331. The number of para-hydroxylation sites is 1. The molecule has 0 bridgehead atoms. The van der Waals surface area contributed by atoms with Crippen LogP contribution in [0.1, 0.15) is 46.0 Å². The number of amides is 1. The Hall–Kier alpha value is -4.31. The Morgan fingerprint density at radius 3 is 2.64 bits per heavy atom. The van der Waals surface area contributed by atoms with Crippen molar-refractivity contribution >= 4 is 28.4 Å². The number of fused-ring (bicyclic) bond motifs is 1. The van der Waals surface area contributed by atoms with Crippen LogP contribution < -0.4 is 10.1 Å². The zero-order valence-electron chi connectivity index (χ0n) is 22.2. The van der Waals surface area contributed by atoms with Gasteiger partial charge >= 0.3 is 0 Å². The van der Waals surface area contributed by atoms with Crippen molar-refractivity contribution in [3.8, 4) is 17.1 Å². The quantitative estimate of drug-likeness (QED) is 0.299. The number of hydrogen-bond donors (Lipinski definition) is 1. The molecule has 0 unspecified atom stereocenters. The Morgan fingerprint density at radius 1 is 1.15 bits per heavy atom. The third-order valence-electron chi connectivity index (χ3n) is 6.61. The van der Waals surface area contributed by atoms with E-state index in [-0.39, 0.29) is 23.2 Å². The van der Waals surface area contributed by atoms with Gasteiger partial charge in [-0.05, 0) is 56.7 Å². The van der Waals surface area contributed by atoms with Gasteiger partial charge in [-0.1, -0.05) is 23.7 Å². The summed E-state index contributed by atoms with van der Waals surface area (Å²) in [6.45, 7) is 5.55. The Kier molecular flexibility index (Phi) is 7.05. The van der Waals surface area contributed by atoms with Crippen molar-refractivity contribution in [2.24, 2.45) is 14.1 Å². The summed E-state index contributed by atoms with van der Waals surface area (Å²) in [5.41, 5.74) is 4.51. The van der Waals surface area contributed by atoms with Gasteiger partial charge in [0.1, 0.15) is 35.7 Å². The van der Waals surface area contributed by atoms with Crippen LogP contribution in [0, 0.1) is 19.7 Å². The SMILES string of the molecule is Cc1cc(-c2ncnn2C)c2cccc(OCc3c(Cl)cc(F)cc3[C@H](C)NC(=O)c3cc(C)n(C)n3)c2n1. The predicted octanol–water partition coefficient (Wildman–Crippen LogP) is 5.24. The van der Waals surface area contributed by atoms with E-state index in [0.717, 1.165) is 22.3 Å². The van der Waals surface area contributed by atoms with Crippen LogP contribution in [0.2, 0.25) is 5.02 Å². The number of hydrogen-bond acceptors (Lipinski definition) is 6. The summed E-state index contributed by atoms with van der Waals surface area (Å²) in [7, 11) is 3.59. The number of carbonyl (C=O) groups excluding carboxylic acids is 1. The Balaban J connectivity index is 1.46. The number of carbonyl (C=O) groups is 1. The highest BCUT2D eigenvalue weighted by Crippen LogP contribution is 2.34. The maximum atomic E-state index is 14.4. The van der Waals surface area contributed by atoms with Crippen molar-refractivity contribution in [3.05, 3.63) is 87.8 Å². The highest BCUT2D eigenvalue weighted by atomic mass is 35.5.